The Morgan fingerprint density at radius 3 is 2.70 bits per heavy atom. The zero-order valence-electron chi connectivity index (χ0n) is 12.9. The van der Waals surface area contributed by atoms with Gasteiger partial charge in [-0.25, -0.2) is 0 Å². The van der Waals surface area contributed by atoms with Crippen LogP contribution in [0.3, 0.4) is 0 Å². The molecule has 1 saturated carbocycles. The topological polar surface area (TPSA) is 102 Å². The molecule has 1 fully saturated rings. The van der Waals surface area contributed by atoms with Crippen molar-refractivity contribution in [3.05, 3.63) is 34.4 Å². The molecule has 0 heterocycles. The zero-order chi connectivity index (χ0) is 16.7. The summed E-state index contributed by atoms with van der Waals surface area (Å²) in [6.07, 6.45) is 3.64. The molecule has 0 aromatic heterocycles. The smallest absolute Gasteiger partial charge is 0.310 e. The first-order chi connectivity index (χ1) is 11.1. The Labute approximate surface area is 134 Å². The molecule has 1 aromatic rings. The molecule has 126 valence electrons. The summed E-state index contributed by atoms with van der Waals surface area (Å²) in [4.78, 5) is 22.2. The first-order valence-electron chi connectivity index (χ1n) is 7.90. The maximum atomic E-state index is 11.8. The van der Waals surface area contributed by atoms with Gasteiger partial charge in [0.05, 0.1) is 17.6 Å². The summed E-state index contributed by atoms with van der Waals surface area (Å²) in [5, 5.41) is 23.2. The van der Waals surface area contributed by atoms with E-state index < -0.39 is 4.92 Å². The highest BCUT2D eigenvalue weighted by Gasteiger charge is 2.20. The number of nitro benzene ring substituents is 1. The molecule has 7 heteroatoms. The lowest BCUT2D eigenvalue weighted by atomic mass is 9.93. The number of nitrogens with one attached hydrogen (secondary N) is 1. The Morgan fingerprint density at radius 2 is 2.00 bits per heavy atom. The van der Waals surface area contributed by atoms with E-state index in [0.717, 1.165) is 25.7 Å². The average Bonchev–Trinajstić information content (AvgIpc) is 2.54. The Bertz CT molecular complexity index is 541. The van der Waals surface area contributed by atoms with Gasteiger partial charge in [-0.2, -0.15) is 0 Å². The second-order valence-corrected chi connectivity index (χ2v) is 5.75. The Balaban J connectivity index is 1.67. The minimum atomic E-state index is -0.487. The van der Waals surface area contributed by atoms with Crippen LogP contribution in [-0.2, 0) is 4.79 Å². The number of carbonyl (C=O) groups excluding carboxylic acids is 1. The molecule has 0 aliphatic heterocycles. The SMILES string of the molecule is O=C(CCCOc1ccccc1[N+](=O)[O-])NC1CCC(O)CC1. The minimum absolute atomic E-state index is 0.0439. The molecule has 1 aliphatic rings. The van der Waals surface area contributed by atoms with Crippen molar-refractivity contribution in [2.45, 2.75) is 50.7 Å². The standard InChI is InChI=1S/C16H22N2O5/c19-13-9-7-12(8-10-13)17-16(20)6-3-11-23-15-5-2-1-4-14(15)18(21)22/h1-2,4-5,12-13,19H,3,6-11H2,(H,17,20). The first-order valence-corrected chi connectivity index (χ1v) is 7.90. The molecular weight excluding hydrogens is 300 g/mol. The molecule has 7 nitrogen and oxygen atoms in total. The van der Waals surface area contributed by atoms with E-state index in [9.17, 15) is 20.0 Å². The van der Waals surface area contributed by atoms with Gasteiger partial charge in [0.15, 0.2) is 5.75 Å². The van der Waals surface area contributed by atoms with E-state index in [1.807, 2.05) is 0 Å². The van der Waals surface area contributed by atoms with Gasteiger partial charge in [0.2, 0.25) is 5.91 Å². The molecule has 0 unspecified atom stereocenters. The molecular formula is C16H22N2O5. The molecule has 2 N–H and O–H groups in total. The summed E-state index contributed by atoms with van der Waals surface area (Å²) in [5.41, 5.74) is -0.0716. The maximum Gasteiger partial charge on any atom is 0.310 e. The predicted molar refractivity (Wildman–Crippen MR) is 84.2 cm³/mol. The van der Waals surface area contributed by atoms with Crippen LogP contribution < -0.4 is 10.1 Å². The molecule has 0 atom stereocenters. The van der Waals surface area contributed by atoms with Crippen molar-refractivity contribution in [2.75, 3.05) is 6.61 Å². The molecule has 23 heavy (non-hydrogen) atoms. The number of amides is 1. The largest absolute Gasteiger partial charge is 0.487 e. The summed E-state index contributed by atoms with van der Waals surface area (Å²) in [6, 6.07) is 6.33. The number of carbonyl (C=O) groups is 1. The Kier molecular flexibility index (Phi) is 6.34. The van der Waals surface area contributed by atoms with E-state index in [-0.39, 0.29) is 36.1 Å². The van der Waals surface area contributed by atoms with Gasteiger partial charge in [0.25, 0.3) is 0 Å². The zero-order valence-corrected chi connectivity index (χ0v) is 12.9. The van der Waals surface area contributed by atoms with Crippen LogP contribution in [0.4, 0.5) is 5.69 Å². The maximum absolute atomic E-state index is 11.8. The van der Waals surface area contributed by atoms with Crippen LogP contribution in [0.1, 0.15) is 38.5 Å². The second kappa shape index (κ2) is 8.47. The summed E-state index contributed by atoms with van der Waals surface area (Å²) in [5.74, 6) is 0.178. The Hall–Kier alpha value is -2.15. The third kappa shape index (κ3) is 5.52. The van der Waals surface area contributed by atoms with Crippen molar-refractivity contribution in [3.63, 3.8) is 0 Å². The van der Waals surface area contributed by atoms with E-state index in [4.69, 9.17) is 4.74 Å². The summed E-state index contributed by atoms with van der Waals surface area (Å²) in [6.45, 7) is 0.252. The quantitative estimate of drug-likeness (QED) is 0.455. The van der Waals surface area contributed by atoms with E-state index in [1.54, 1.807) is 18.2 Å². The van der Waals surface area contributed by atoms with Crippen LogP contribution in [-0.4, -0.2) is 34.7 Å². The number of hydrogen-bond acceptors (Lipinski definition) is 5. The highest BCUT2D eigenvalue weighted by Crippen LogP contribution is 2.25. The van der Waals surface area contributed by atoms with Crippen molar-refractivity contribution in [2.24, 2.45) is 0 Å². The fraction of sp³-hybridized carbons (Fsp3) is 0.562. The van der Waals surface area contributed by atoms with Crippen LogP contribution >= 0.6 is 0 Å². The van der Waals surface area contributed by atoms with Crippen molar-refractivity contribution < 1.29 is 19.6 Å². The third-order valence-corrected chi connectivity index (χ3v) is 3.93. The monoisotopic (exact) mass is 322 g/mol. The van der Waals surface area contributed by atoms with Gasteiger partial charge in [-0.05, 0) is 38.2 Å². The molecule has 0 radical (unpaired) electrons. The minimum Gasteiger partial charge on any atom is -0.487 e. The number of ether oxygens (including phenoxy) is 1. The number of para-hydroxylation sites is 2. The first kappa shape index (κ1) is 17.2. The van der Waals surface area contributed by atoms with Crippen molar-refractivity contribution in [1.82, 2.24) is 5.32 Å². The van der Waals surface area contributed by atoms with E-state index >= 15 is 0 Å². The second-order valence-electron chi connectivity index (χ2n) is 5.75. The van der Waals surface area contributed by atoms with Crippen molar-refractivity contribution in [3.8, 4) is 5.75 Å². The van der Waals surface area contributed by atoms with E-state index in [2.05, 4.69) is 5.32 Å². The van der Waals surface area contributed by atoms with E-state index in [0.29, 0.717) is 12.8 Å². The van der Waals surface area contributed by atoms with Crippen LogP contribution in [0.15, 0.2) is 24.3 Å². The average molecular weight is 322 g/mol. The molecule has 1 aromatic carbocycles. The lowest BCUT2D eigenvalue weighted by molar-refractivity contribution is -0.385. The molecule has 2 rings (SSSR count). The molecule has 1 amide bonds. The summed E-state index contributed by atoms with van der Waals surface area (Å²) >= 11 is 0. The molecule has 1 aliphatic carbocycles. The lowest BCUT2D eigenvalue weighted by Gasteiger charge is -2.26. The lowest BCUT2D eigenvalue weighted by Crippen LogP contribution is -2.38. The van der Waals surface area contributed by atoms with Crippen LogP contribution in [0.5, 0.6) is 5.75 Å². The third-order valence-electron chi connectivity index (χ3n) is 3.93. The predicted octanol–water partition coefficient (Wildman–Crippen LogP) is 2.17. The number of aliphatic hydroxyl groups is 1. The van der Waals surface area contributed by atoms with Crippen LogP contribution in [0, 0.1) is 10.1 Å². The number of benzene rings is 1. The van der Waals surface area contributed by atoms with Gasteiger partial charge >= 0.3 is 5.69 Å². The van der Waals surface area contributed by atoms with Gasteiger partial charge in [0, 0.05) is 18.5 Å². The molecule has 0 bridgehead atoms. The molecule has 0 saturated heterocycles. The highest BCUT2D eigenvalue weighted by molar-refractivity contribution is 5.76. The fourth-order valence-electron chi connectivity index (χ4n) is 2.66. The number of rotatable bonds is 7. The van der Waals surface area contributed by atoms with Crippen LogP contribution in [0.2, 0.25) is 0 Å². The number of nitrogens with zero attached hydrogens (tertiary/aromatic N) is 1. The van der Waals surface area contributed by atoms with Crippen LogP contribution in [0.25, 0.3) is 0 Å². The number of aliphatic hydroxyl groups excluding tert-OH is 1. The van der Waals surface area contributed by atoms with E-state index in [1.165, 1.54) is 6.07 Å². The number of nitro groups is 1. The fourth-order valence-corrected chi connectivity index (χ4v) is 2.66. The Morgan fingerprint density at radius 1 is 1.30 bits per heavy atom. The summed E-state index contributed by atoms with van der Waals surface area (Å²) < 4.78 is 5.40. The van der Waals surface area contributed by atoms with Gasteiger partial charge in [-0.15, -0.1) is 0 Å². The van der Waals surface area contributed by atoms with Gasteiger partial charge in [-0.1, -0.05) is 12.1 Å². The van der Waals surface area contributed by atoms with Gasteiger partial charge in [0.1, 0.15) is 0 Å². The van der Waals surface area contributed by atoms with Gasteiger partial charge < -0.3 is 15.2 Å². The molecule has 0 spiro atoms. The van der Waals surface area contributed by atoms with Crippen molar-refractivity contribution >= 4 is 11.6 Å². The van der Waals surface area contributed by atoms with Crippen molar-refractivity contribution in [1.29, 1.82) is 0 Å². The normalized spacial score (nSPS) is 20.7. The highest BCUT2D eigenvalue weighted by atomic mass is 16.6. The van der Waals surface area contributed by atoms with Gasteiger partial charge in [-0.3, -0.25) is 14.9 Å². The summed E-state index contributed by atoms with van der Waals surface area (Å²) in [7, 11) is 0. The number of hydrogen-bond donors (Lipinski definition) is 2.